The fourth-order valence-corrected chi connectivity index (χ4v) is 3.26. The Bertz CT molecular complexity index is 675. The fourth-order valence-electron chi connectivity index (χ4n) is 2.27. The van der Waals surface area contributed by atoms with Gasteiger partial charge in [-0.1, -0.05) is 0 Å². The molecule has 23 heavy (non-hydrogen) atoms. The summed E-state index contributed by atoms with van der Waals surface area (Å²) in [5, 5.41) is 0. The van der Waals surface area contributed by atoms with Gasteiger partial charge in [0.1, 0.15) is 0 Å². The lowest BCUT2D eigenvalue weighted by molar-refractivity contribution is -0.119. The maximum absolute atomic E-state index is 12.2. The molecular weight excluding hydrogens is 316 g/mol. The molecule has 7 heteroatoms. The van der Waals surface area contributed by atoms with E-state index in [-0.39, 0.29) is 29.0 Å². The molecule has 1 aromatic rings. The molecule has 0 spiro atoms. The summed E-state index contributed by atoms with van der Waals surface area (Å²) in [7, 11) is -3.73. The molecule has 1 saturated carbocycles. The number of rotatable bonds is 8. The first-order valence-electron chi connectivity index (χ1n) is 7.80. The normalized spacial score (nSPS) is 14.5. The number of Topliss-reactive ketones (excluding diaryl/α,β-unsaturated/α-hetero) is 1. The summed E-state index contributed by atoms with van der Waals surface area (Å²) in [6.07, 6.45) is 1.70. The number of amides is 1. The summed E-state index contributed by atoms with van der Waals surface area (Å²) in [5.41, 5.74) is 0.446. The highest BCUT2D eigenvalue weighted by molar-refractivity contribution is 7.89. The number of carbonyl (C=O) groups is 2. The van der Waals surface area contributed by atoms with Crippen LogP contribution >= 0.6 is 0 Å². The van der Waals surface area contributed by atoms with Crippen LogP contribution in [0.25, 0.3) is 0 Å². The molecule has 0 saturated heterocycles. The van der Waals surface area contributed by atoms with E-state index in [1.807, 2.05) is 13.8 Å². The number of hydrogen-bond donors (Lipinski definition) is 1. The number of nitrogens with zero attached hydrogens (tertiary/aromatic N) is 1. The lowest BCUT2D eigenvalue weighted by Crippen LogP contribution is -2.31. The summed E-state index contributed by atoms with van der Waals surface area (Å²) in [5.74, 6) is -0.176. The third-order valence-electron chi connectivity index (χ3n) is 3.93. The standard InChI is InChI=1S/C16H22N2O4S/c1-3-18(4-2)16(20)13-7-9-14(10-8-13)23(21,22)17-11-15(19)12-5-6-12/h7-10,12,17H,3-6,11H2,1-2H3. The SMILES string of the molecule is CCN(CC)C(=O)c1ccc(S(=O)(=O)NCC(=O)C2CC2)cc1. The van der Waals surface area contributed by atoms with E-state index in [0.717, 1.165) is 12.8 Å². The molecule has 1 aromatic carbocycles. The van der Waals surface area contributed by atoms with Gasteiger partial charge in [0.15, 0.2) is 5.78 Å². The minimum absolute atomic E-state index is 0.0202. The minimum Gasteiger partial charge on any atom is -0.339 e. The molecule has 1 aliphatic rings. The maximum Gasteiger partial charge on any atom is 0.253 e. The average molecular weight is 338 g/mol. The zero-order chi connectivity index (χ0) is 17.0. The Morgan fingerprint density at radius 3 is 2.17 bits per heavy atom. The van der Waals surface area contributed by atoms with E-state index in [4.69, 9.17) is 0 Å². The molecule has 0 bridgehead atoms. The summed E-state index contributed by atoms with van der Waals surface area (Å²) in [6.45, 7) is 4.80. The summed E-state index contributed by atoms with van der Waals surface area (Å²) >= 11 is 0. The van der Waals surface area contributed by atoms with Crippen LogP contribution in [0.5, 0.6) is 0 Å². The molecule has 2 rings (SSSR count). The lowest BCUT2D eigenvalue weighted by atomic mass is 10.2. The zero-order valence-electron chi connectivity index (χ0n) is 13.4. The predicted molar refractivity (Wildman–Crippen MR) is 86.6 cm³/mol. The van der Waals surface area contributed by atoms with Crippen LogP contribution in [-0.4, -0.2) is 44.6 Å². The Balaban J connectivity index is 2.05. The van der Waals surface area contributed by atoms with Gasteiger partial charge >= 0.3 is 0 Å². The second-order valence-electron chi connectivity index (χ2n) is 5.57. The summed E-state index contributed by atoms with van der Waals surface area (Å²) in [6, 6.07) is 5.77. The van der Waals surface area contributed by atoms with E-state index in [1.165, 1.54) is 24.3 Å². The predicted octanol–water partition coefficient (Wildman–Crippen LogP) is 1.43. The van der Waals surface area contributed by atoms with E-state index in [9.17, 15) is 18.0 Å². The Kier molecular flexibility index (Phi) is 5.54. The number of sulfonamides is 1. The van der Waals surface area contributed by atoms with Gasteiger partial charge in [-0.05, 0) is 51.0 Å². The van der Waals surface area contributed by atoms with Crippen LogP contribution in [0, 0.1) is 5.92 Å². The minimum atomic E-state index is -3.73. The van der Waals surface area contributed by atoms with Crippen molar-refractivity contribution in [2.75, 3.05) is 19.6 Å². The Morgan fingerprint density at radius 2 is 1.70 bits per heavy atom. The third-order valence-corrected chi connectivity index (χ3v) is 5.35. The van der Waals surface area contributed by atoms with Crippen LogP contribution in [0.3, 0.4) is 0 Å². The highest BCUT2D eigenvalue weighted by Crippen LogP contribution is 2.29. The highest BCUT2D eigenvalue weighted by atomic mass is 32.2. The molecule has 1 fully saturated rings. The van der Waals surface area contributed by atoms with Gasteiger partial charge in [0, 0.05) is 24.6 Å². The van der Waals surface area contributed by atoms with E-state index < -0.39 is 10.0 Å². The lowest BCUT2D eigenvalue weighted by Gasteiger charge is -2.18. The summed E-state index contributed by atoms with van der Waals surface area (Å²) < 4.78 is 26.6. The maximum atomic E-state index is 12.2. The molecule has 1 amide bonds. The molecule has 0 unspecified atom stereocenters. The topological polar surface area (TPSA) is 83.6 Å². The second kappa shape index (κ2) is 7.23. The van der Waals surface area contributed by atoms with Gasteiger partial charge in [-0.15, -0.1) is 0 Å². The van der Waals surface area contributed by atoms with Crippen molar-refractivity contribution in [3.8, 4) is 0 Å². The van der Waals surface area contributed by atoms with Gasteiger partial charge in [0.2, 0.25) is 10.0 Å². The second-order valence-corrected chi connectivity index (χ2v) is 7.33. The van der Waals surface area contributed by atoms with Crippen LogP contribution in [-0.2, 0) is 14.8 Å². The first kappa shape index (κ1) is 17.6. The Morgan fingerprint density at radius 1 is 1.13 bits per heavy atom. The van der Waals surface area contributed by atoms with Crippen molar-refractivity contribution in [2.24, 2.45) is 5.92 Å². The number of carbonyl (C=O) groups excluding carboxylic acids is 2. The van der Waals surface area contributed by atoms with Crippen LogP contribution in [0.15, 0.2) is 29.2 Å². The summed E-state index contributed by atoms with van der Waals surface area (Å²) in [4.78, 5) is 25.5. The Labute approximate surface area is 136 Å². The van der Waals surface area contributed by atoms with E-state index >= 15 is 0 Å². The van der Waals surface area contributed by atoms with Crippen molar-refractivity contribution in [3.05, 3.63) is 29.8 Å². The molecule has 0 heterocycles. The van der Waals surface area contributed by atoms with E-state index in [2.05, 4.69) is 4.72 Å². The van der Waals surface area contributed by atoms with Crippen molar-refractivity contribution in [2.45, 2.75) is 31.6 Å². The number of hydrogen-bond acceptors (Lipinski definition) is 4. The van der Waals surface area contributed by atoms with Crippen LogP contribution in [0.2, 0.25) is 0 Å². The first-order chi connectivity index (χ1) is 10.9. The molecule has 0 radical (unpaired) electrons. The van der Waals surface area contributed by atoms with Gasteiger partial charge in [0.25, 0.3) is 5.91 Å². The molecule has 0 aromatic heterocycles. The van der Waals surface area contributed by atoms with Crippen LogP contribution < -0.4 is 4.72 Å². The highest BCUT2D eigenvalue weighted by Gasteiger charge is 2.30. The number of nitrogens with one attached hydrogen (secondary N) is 1. The Hall–Kier alpha value is -1.73. The largest absolute Gasteiger partial charge is 0.339 e. The number of benzene rings is 1. The quantitative estimate of drug-likeness (QED) is 0.777. The van der Waals surface area contributed by atoms with Crippen molar-refractivity contribution >= 4 is 21.7 Å². The van der Waals surface area contributed by atoms with Crippen molar-refractivity contribution in [1.29, 1.82) is 0 Å². The van der Waals surface area contributed by atoms with Crippen LogP contribution in [0.4, 0.5) is 0 Å². The molecule has 0 aliphatic heterocycles. The van der Waals surface area contributed by atoms with Crippen molar-refractivity contribution in [1.82, 2.24) is 9.62 Å². The molecule has 6 nitrogen and oxygen atoms in total. The monoisotopic (exact) mass is 338 g/mol. The van der Waals surface area contributed by atoms with E-state index in [0.29, 0.717) is 18.7 Å². The third kappa shape index (κ3) is 4.39. The van der Waals surface area contributed by atoms with Gasteiger partial charge in [-0.3, -0.25) is 9.59 Å². The molecule has 0 atom stereocenters. The fraction of sp³-hybridized carbons (Fsp3) is 0.500. The molecular formula is C16H22N2O4S. The molecule has 1 aliphatic carbocycles. The van der Waals surface area contributed by atoms with Gasteiger partial charge in [-0.2, -0.15) is 0 Å². The van der Waals surface area contributed by atoms with Crippen molar-refractivity contribution in [3.63, 3.8) is 0 Å². The smallest absolute Gasteiger partial charge is 0.253 e. The average Bonchev–Trinajstić information content (AvgIpc) is 3.39. The van der Waals surface area contributed by atoms with E-state index in [1.54, 1.807) is 4.90 Å². The van der Waals surface area contributed by atoms with Gasteiger partial charge in [-0.25, -0.2) is 13.1 Å². The van der Waals surface area contributed by atoms with Crippen LogP contribution in [0.1, 0.15) is 37.0 Å². The molecule has 1 N–H and O–H groups in total. The van der Waals surface area contributed by atoms with Crippen molar-refractivity contribution < 1.29 is 18.0 Å². The number of ketones is 1. The van der Waals surface area contributed by atoms with Gasteiger partial charge < -0.3 is 4.90 Å². The van der Waals surface area contributed by atoms with Gasteiger partial charge in [0.05, 0.1) is 11.4 Å². The zero-order valence-corrected chi connectivity index (χ0v) is 14.2. The first-order valence-corrected chi connectivity index (χ1v) is 9.29. The molecule has 126 valence electrons.